The molecule has 2 N–H and O–H groups in total. The minimum absolute atomic E-state index is 0.0742. The van der Waals surface area contributed by atoms with Crippen LogP contribution in [-0.4, -0.2) is 46.2 Å². The topological polar surface area (TPSA) is 76.4 Å². The second-order valence-corrected chi connectivity index (χ2v) is 5.29. The number of carbonyl (C=O) groups excluding carboxylic acids is 1. The summed E-state index contributed by atoms with van der Waals surface area (Å²) in [7, 11) is 3.36. The number of phenolic OH excluding ortho intramolecular Hbond substituents is 2. The summed E-state index contributed by atoms with van der Waals surface area (Å²) in [6.45, 7) is 7.72. The normalized spacial score (nSPS) is 18.9. The van der Waals surface area contributed by atoms with Crippen LogP contribution in [0, 0.1) is 0 Å². The van der Waals surface area contributed by atoms with Crippen molar-refractivity contribution in [2.45, 2.75) is 6.42 Å². The van der Waals surface area contributed by atoms with Crippen LogP contribution in [0.4, 0.5) is 0 Å². The van der Waals surface area contributed by atoms with Crippen LogP contribution in [0.5, 0.6) is 11.5 Å². The Morgan fingerprint density at radius 2 is 1.70 bits per heavy atom. The van der Waals surface area contributed by atoms with Gasteiger partial charge in [0.2, 0.25) is 5.91 Å². The van der Waals surface area contributed by atoms with Crippen molar-refractivity contribution in [2.24, 2.45) is 4.99 Å². The third-order valence-electron chi connectivity index (χ3n) is 3.54. The number of hydrogen-bond acceptors (Lipinski definition) is 5. The van der Waals surface area contributed by atoms with Crippen molar-refractivity contribution in [3.8, 4) is 11.5 Å². The van der Waals surface area contributed by atoms with E-state index in [4.69, 9.17) is 0 Å². The predicted octanol–water partition coefficient (Wildman–Crippen LogP) is 2.29. The number of aliphatic imine (C=N–C) groups is 1. The summed E-state index contributed by atoms with van der Waals surface area (Å²) >= 11 is 0. The molecular weight excluding hydrogens is 294 g/mol. The monoisotopic (exact) mass is 313 g/mol. The first-order chi connectivity index (χ1) is 10.8. The van der Waals surface area contributed by atoms with Gasteiger partial charge in [-0.15, -0.1) is 0 Å². The predicted molar refractivity (Wildman–Crippen MR) is 89.7 cm³/mol. The van der Waals surface area contributed by atoms with Crippen LogP contribution in [0.3, 0.4) is 0 Å². The lowest BCUT2D eigenvalue weighted by Gasteiger charge is -2.31. The fourth-order valence-corrected chi connectivity index (χ4v) is 2.18. The van der Waals surface area contributed by atoms with Crippen molar-refractivity contribution in [1.29, 1.82) is 0 Å². The molecule has 23 heavy (non-hydrogen) atoms. The van der Waals surface area contributed by atoms with E-state index in [1.165, 1.54) is 29.3 Å². The SMILES string of the molecule is C=C1C=N/C=C(/c2cc(O)cc(O)c2)N(C)C(=C)N(C)C(=O)C1. The zero-order valence-electron chi connectivity index (χ0n) is 13.2. The van der Waals surface area contributed by atoms with Gasteiger partial charge >= 0.3 is 0 Å². The maximum Gasteiger partial charge on any atom is 0.232 e. The smallest absolute Gasteiger partial charge is 0.232 e. The lowest BCUT2D eigenvalue weighted by atomic mass is 10.1. The number of phenols is 2. The Morgan fingerprint density at radius 3 is 2.30 bits per heavy atom. The Morgan fingerprint density at radius 1 is 1.09 bits per heavy atom. The zero-order chi connectivity index (χ0) is 17.1. The summed E-state index contributed by atoms with van der Waals surface area (Å²) in [5.41, 5.74) is 1.68. The summed E-state index contributed by atoms with van der Waals surface area (Å²) in [6.07, 6.45) is 3.23. The van der Waals surface area contributed by atoms with E-state index in [1.807, 2.05) is 0 Å². The third-order valence-corrected chi connectivity index (χ3v) is 3.54. The van der Waals surface area contributed by atoms with Crippen LogP contribution >= 0.6 is 0 Å². The highest BCUT2D eigenvalue weighted by atomic mass is 16.3. The molecule has 1 aliphatic rings. The average Bonchev–Trinajstić information content (AvgIpc) is 2.47. The van der Waals surface area contributed by atoms with Crippen LogP contribution in [0.25, 0.3) is 5.70 Å². The van der Waals surface area contributed by atoms with Crippen LogP contribution in [0.1, 0.15) is 12.0 Å². The molecule has 0 fully saturated rings. The molecule has 120 valence electrons. The molecule has 1 aliphatic heterocycles. The van der Waals surface area contributed by atoms with E-state index in [9.17, 15) is 15.0 Å². The second kappa shape index (κ2) is 6.39. The fourth-order valence-electron chi connectivity index (χ4n) is 2.18. The van der Waals surface area contributed by atoms with Gasteiger partial charge in [0.15, 0.2) is 0 Å². The van der Waals surface area contributed by atoms with Gasteiger partial charge in [0.25, 0.3) is 0 Å². The Balaban J connectivity index is 2.55. The molecule has 6 heteroatoms. The molecule has 2 rings (SSSR count). The first-order valence-electron chi connectivity index (χ1n) is 6.93. The van der Waals surface area contributed by atoms with Gasteiger partial charge in [0.05, 0.1) is 18.3 Å². The molecule has 0 radical (unpaired) electrons. The van der Waals surface area contributed by atoms with Gasteiger partial charge in [0, 0.05) is 31.9 Å². The van der Waals surface area contributed by atoms with Gasteiger partial charge in [0.1, 0.15) is 17.3 Å². The molecule has 1 aromatic rings. The number of rotatable bonds is 1. The Labute approximate surface area is 135 Å². The minimum Gasteiger partial charge on any atom is -0.508 e. The number of nitrogens with zero attached hydrogens (tertiary/aromatic N) is 3. The van der Waals surface area contributed by atoms with Crippen molar-refractivity contribution in [3.05, 3.63) is 54.5 Å². The van der Waals surface area contributed by atoms with Crippen molar-refractivity contribution < 1.29 is 15.0 Å². The van der Waals surface area contributed by atoms with Crippen LogP contribution < -0.4 is 0 Å². The summed E-state index contributed by atoms with van der Waals surface area (Å²) in [6, 6.07) is 4.22. The van der Waals surface area contributed by atoms with Gasteiger partial charge in [-0.2, -0.15) is 0 Å². The lowest BCUT2D eigenvalue weighted by Crippen LogP contribution is -2.34. The summed E-state index contributed by atoms with van der Waals surface area (Å²) in [5, 5.41) is 19.4. The second-order valence-electron chi connectivity index (χ2n) is 5.29. The maximum absolute atomic E-state index is 12.2. The van der Waals surface area contributed by atoms with Gasteiger partial charge in [-0.3, -0.25) is 9.79 Å². The first kappa shape index (κ1) is 16.4. The van der Waals surface area contributed by atoms with E-state index < -0.39 is 0 Å². The molecule has 1 aromatic carbocycles. The molecule has 0 aromatic heterocycles. The van der Waals surface area contributed by atoms with Crippen molar-refractivity contribution in [2.75, 3.05) is 14.1 Å². The van der Waals surface area contributed by atoms with Gasteiger partial charge < -0.3 is 20.0 Å². The molecule has 0 unspecified atom stereocenters. The molecule has 0 bridgehead atoms. The van der Waals surface area contributed by atoms with E-state index in [1.54, 1.807) is 25.2 Å². The first-order valence-corrected chi connectivity index (χ1v) is 6.93. The highest BCUT2D eigenvalue weighted by molar-refractivity contribution is 5.90. The molecular formula is C17H19N3O3. The third kappa shape index (κ3) is 3.60. The van der Waals surface area contributed by atoms with Crippen LogP contribution in [-0.2, 0) is 4.79 Å². The summed E-state index contributed by atoms with van der Waals surface area (Å²) in [4.78, 5) is 19.4. The summed E-state index contributed by atoms with van der Waals surface area (Å²) in [5.74, 6) is 0.136. The molecule has 0 atom stereocenters. The van der Waals surface area contributed by atoms with E-state index in [-0.39, 0.29) is 23.8 Å². The number of aromatic hydroxyl groups is 2. The van der Waals surface area contributed by atoms with Gasteiger partial charge in [-0.25, -0.2) is 0 Å². The molecule has 0 spiro atoms. The van der Waals surface area contributed by atoms with E-state index in [0.29, 0.717) is 22.7 Å². The number of benzene rings is 1. The highest BCUT2D eigenvalue weighted by Crippen LogP contribution is 2.29. The molecule has 1 amide bonds. The van der Waals surface area contributed by atoms with Crippen LogP contribution in [0.15, 0.2) is 53.9 Å². The minimum atomic E-state index is -0.154. The zero-order valence-corrected chi connectivity index (χ0v) is 13.2. The van der Waals surface area contributed by atoms with Gasteiger partial charge in [-0.05, 0) is 17.7 Å². The standard InChI is InChI=1S/C17H19N3O3/c1-11-5-17(23)20(4)12(2)19(3)16(10-18-9-11)13-6-14(21)8-15(22)7-13/h6-10,21-22H,1-2,5H2,3-4H3/b16-10-,18-9?. The quantitative estimate of drug-likeness (QED) is 0.834. The largest absolute Gasteiger partial charge is 0.508 e. The highest BCUT2D eigenvalue weighted by Gasteiger charge is 2.20. The molecule has 0 aliphatic carbocycles. The van der Waals surface area contributed by atoms with Crippen molar-refractivity contribution in [3.63, 3.8) is 0 Å². The lowest BCUT2D eigenvalue weighted by molar-refractivity contribution is -0.128. The van der Waals surface area contributed by atoms with E-state index >= 15 is 0 Å². The van der Waals surface area contributed by atoms with Gasteiger partial charge in [-0.1, -0.05) is 13.2 Å². The summed E-state index contributed by atoms with van der Waals surface area (Å²) < 4.78 is 0. The molecule has 6 nitrogen and oxygen atoms in total. The number of hydrogen-bond donors (Lipinski definition) is 2. The Bertz CT molecular complexity index is 714. The molecule has 1 heterocycles. The van der Waals surface area contributed by atoms with E-state index in [2.05, 4.69) is 18.2 Å². The Kier molecular flexibility index (Phi) is 4.55. The van der Waals surface area contributed by atoms with E-state index in [0.717, 1.165) is 0 Å². The fraction of sp³-hybridized carbons (Fsp3) is 0.176. The van der Waals surface area contributed by atoms with Crippen LogP contribution in [0.2, 0.25) is 0 Å². The maximum atomic E-state index is 12.2. The van der Waals surface area contributed by atoms with Crippen molar-refractivity contribution in [1.82, 2.24) is 9.80 Å². The number of amides is 1. The molecule has 0 saturated carbocycles. The Hall–Kier alpha value is -3.02. The number of carbonyl (C=O) groups is 1. The molecule has 0 saturated heterocycles. The average molecular weight is 313 g/mol. The van der Waals surface area contributed by atoms with Crippen molar-refractivity contribution >= 4 is 17.8 Å².